The third-order valence-corrected chi connectivity index (χ3v) is 8.31. The number of hydrogen-bond acceptors (Lipinski definition) is 4. The molecule has 3 saturated carbocycles. The number of allylic oxidation sites excluding steroid dienone is 1. The third kappa shape index (κ3) is 2.36. The van der Waals surface area contributed by atoms with E-state index in [9.17, 15) is 14.4 Å². The molecule has 3 fully saturated rings. The number of fused-ring (bicyclic) bond motifs is 5. The highest BCUT2D eigenvalue weighted by Crippen LogP contribution is 2.66. The highest BCUT2D eigenvalue weighted by atomic mass is 16.6. The van der Waals surface area contributed by atoms with Crippen molar-refractivity contribution in [1.29, 1.82) is 0 Å². The van der Waals surface area contributed by atoms with Gasteiger partial charge < -0.3 is 4.74 Å². The summed E-state index contributed by atoms with van der Waals surface area (Å²) < 4.78 is 5.79. The van der Waals surface area contributed by atoms with Gasteiger partial charge in [0.2, 0.25) is 0 Å². The maximum Gasteiger partial charge on any atom is 0.303 e. The van der Waals surface area contributed by atoms with Crippen molar-refractivity contribution < 1.29 is 19.1 Å². The van der Waals surface area contributed by atoms with E-state index in [4.69, 9.17) is 4.74 Å². The SMILES string of the molecule is CC(=O)OC1(C(C)=O)CCC2C3CCC4=CC(=O)CCC4C3CCC21C. The van der Waals surface area contributed by atoms with E-state index in [1.54, 1.807) is 6.92 Å². The Kier molecular flexibility index (Phi) is 4.16. The number of esters is 1. The Morgan fingerprint density at radius 1 is 1.04 bits per heavy atom. The van der Waals surface area contributed by atoms with E-state index in [0.717, 1.165) is 38.5 Å². The predicted molar refractivity (Wildman–Crippen MR) is 97.3 cm³/mol. The molecule has 4 heteroatoms. The van der Waals surface area contributed by atoms with Crippen molar-refractivity contribution in [2.24, 2.45) is 29.1 Å². The van der Waals surface area contributed by atoms with E-state index in [0.29, 0.717) is 42.3 Å². The Morgan fingerprint density at radius 3 is 2.50 bits per heavy atom. The fourth-order valence-electron chi connectivity index (χ4n) is 7.24. The molecule has 0 amide bonds. The van der Waals surface area contributed by atoms with Gasteiger partial charge in [0.25, 0.3) is 0 Å². The summed E-state index contributed by atoms with van der Waals surface area (Å²) in [6.45, 7) is 5.21. The molecule has 6 unspecified atom stereocenters. The molecular weight excluding hydrogens is 328 g/mol. The summed E-state index contributed by atoms with van der Waals surface area (Å²) in [4.78, 5) is 36.3. The van der Waals surface area contributed by atoms with Crippen LogP contribution in [-0.2, 0) is 19.1 Å². The lowest BCUT2D eigenvalue weighted by atomic mass is 9.50. The van der Waals surface area contributed by atoms with Crippen LogP contribution in [-0.4, -0.2) is 23.1 Å². The average molecular weight is 358 g/mol. The molecule has 0 saturated heterocycles. The van der Waals surface area contributed by atoms with Crippen molar-refractivity contribution in [3.05, 3.63) is 11.6 Å². The highest BCUT2D eigenvalue weighted by Gasteiger charge is 2.66. The van der Waals surface area contributed by atoms with Crippen LogP contribution in [0.1, 0.15) is 72.1 Å². The van der Waals surface area contributed by atoms with Gasteiger partial charge in [-0.2, -0.15) is 0 Å². The predicted octanol–water partition coefficient (Wildman–Crippen LogP) is 4.02. The fraction of sp³-hybridized carbons (Fsp3) is 0.773. The quantitative estimate of drug-likeness (QED) is 0.700. The van der Waals surface area contributed by atoms with Crippen LogP contribution < -0.4 is 0 Å². The van der Waals surface area contributed by atoms with Crippen LogP contribution in [0.3, 0.4) is 0 Å². The Balaban J connectivity index is 1.66. The molecule has 4 nitrogen and oxygen atoms in total. The minimum absolute atomic E-state index is 0.0100. The molecule has 0 bridgehead atoms. The lowest BCUT2D eigenvalue weighted by Gasteiger charge is -2.55. The molecular formula is C22H30O4. The molecule has 26 heavy (non-hydrogen) atoms. The third-order valence-electron chi connectivity index (χ3n) is 8.31. The van der Waals surface area contributed by atoms with Crippen molar-refractivity contribution in [2.45, 2.75) is 77.7 Å². The van der Waals surface area contributed by atoms with Gasteiger partial charge in [-0.15, -0.1) is 0 Å². The molecule has 4 aliphatic rings. The van der Waals surface area contributed by atoms with Crippen LogP contribution in [0.4, 0.5) is 0 Å². The lowest BCUT2D eigenvalue weighted by molar-refractivity contribution is -0.185. The van der Waals surface area contributed by atoms with Gasteiger partial charge in [0.15, 0.2) is 17.2 Å². The van der Waals surface area contributed by atoms with E-state index in [1.165, 1.54) is 12.5 Å². The number of carbonyl (C=O) groups excluding carboxylic acids is 3. The molecule has 0 aromatic heterocycles. The largest absolute Gasteiger partial charge is 0.451 e. The number of rotatable bonds is 2. The standard InChI is InChI=1S/C22H30O4/c1-13(23)22(26-14(2)24)11-9-20-19-6-4-15-12-16(25)5-7-17(15)18(19)8-10-21(20,22)3/h12,17-20H,4-11H2,1-3H3. The van der Waals surface area contributed by atoms with Crippen LogP contribution in [0.25, 0.3) is 0 Å². The molecule has 0 aliphatic heterocycles. The van der Waals surface area contributed by atoms with Crippen LogP contribution in [0.5, 0.6) is 0 Å². The van der Waals surface area contributed by atoms with Gasteiger partial charge >= 0.3 is 5.97 Å². The zero-order chi connectivity index (χ0) is 18.7. The topological polar surface area (TPSA) is 60.4 Å². The molecule has 0 heterocycles. The normalized spacial score (nSPS) is 44.4. The summed E-state index contributed by atoms with van der Waals surface area (Å²) in [6.07, 6.45) is 9.37. The first-order valence-corrected chi connectivity index (χ1v) is 10.2. The second-order valence-electron chi connectivity index (χ2n) is 9.28. The Bertz CT molecular complexity index is 692. The van der Waals surface area contributed by atoms with E-state index >= 15 is 0 Å². The summed E-state index contributed by atoms with van der Waals surface area (Å²) in [5.41, 5.74) is 0.187. The Morgan fingerprint density at radius 2 is 1.81 bits per heavy atom. The van der Waals surface area contributed by atoms with E-state index < -0.39 is 5.60 Å². The number of ether oxygens (including phenoxy) is 1. The maximum atomic E-state index is 12.7. The minimum Gasteiger partial charge on any atom is -0.451 e. The first-order valence-electron chi connectivity index (χ1n) is 10.2. The van der Waals surface area contributed by atoms with Crippen molar-refractivity contribution in [3.63, 3.8) is 0 Å². The molecule has 0 spiro atoms. The van der Waals surface area contributed by atoms with E-state index in [2.05, 4.69) is 6.92 Å². The maximum absolute atomic E-state index is 12.7. The summed E-state index contributed by atoms with van der Waals surface area (Å²) in [7, 11) is 0. The zero-order valence-corrected chi connectivity index (χ0v) is 16.2. The smallest absolute Gasteiger partial charge is 0.303 e. The number of hydrogen-bond donors (Lipinski definition) is 0. The number of carbonyl (C=O) groups is 3. The van der Waals surface area contributed by atoms with Gasteiger partial charge in [0.05, 0.1) is 0 Å². The lowest BCUT2D eigenvalue weighted by Crippen LogP contribution is -2.57. The van der Waals surface area contributed by atoms with Crippen molar-refractivity contribution in [3.8, 4) is 0 Å². The van der Waals surface area contributed by atoms with Crippen molar-refractivity contribution >= 4 is 17.5 Å². The van der Waals surface area contributed by atoms with Crippen LogP contribution in [0.15, 0.2) is 11.6 Å². The molecule has 0 aromatic rings. The monoisotopic (exact) mass is 358 g/mol. The van der Waals surface area contributed by atoms with Gasteiger partial charge in [-0.1, -0.05) is 12.5 Å². The Hall–Kier alpha value is -1.45. The first-order chi connectivity index (χ1) is 12.3. The number of ketones is 2. The van der Waals surface area contributed by atoms with Crippen LogP contribution in [0.2, 0.25) is 0 Å². The van der Waals surface area contributed by atoms with E-state index in [1.807, 2.05) is 6.08 Å². The summed E-state index contributed by atoms with van der Waals surface area (Å²) in [5.74, 6) is 2.16. The van der Waals surface area contributed by atoms with Gasteiger partial charge in [-0.3, -0.25) is 14.4 Å². The van der Waals surface area contributed by atoms with Crippen LogP contribution >= 0.6 is 0 Å². The molecule has 0 radical (unpaired) electrons. The minimum atomic E-state index is -0.937. The highest BCUT2D eigenvalue weighted by molar-refractivity contribution is 5.91. The molecule has 0 N–H and O–H groups in total. The fourth-order valence-corrected chi connectivity index (χ4v) is 7.24. The summed E-state index contributed by atoms with van der Waals surface area (Å²) in [5, 5.41) is 0. The molecule has 0 aromatic carbocycles. The van der Waals surface area contributed by atoms with Gasteiger partial charge in [-0.05, 0) is 81.6 Å². The van der Waals surface area contributed by atoms with Gasteiger partial charge in [0, 0.05) is 18.8 Å². The van der Waals surface area contributed by atoms with Gasteiger partial charge in [-0.25, -0.2) is 0 Å². The van der Waals surface area contributed by atoms with Crippen molar-refractivity contribution in [1.82, 2.24) is 0 Å². The molecule has 4 rings (SSSR count). The molecule has 6 atom stereocenters. The Labute approximate surface area is 155 Å². The summed E-state index contributed by atoms with van der Waals surface area (Å²) in [6, 6.07) is 0. The second-order valence-corrected chi connectivity index (χ2v) is 9.28. The second kappa shape index (κ2) is 6.03. The zero-order valence-electron chi connectivity index (χ0n) is 16.2. The van der Waals surface area contributed by atoms with Gasteiger partial charge in [0.1, 0.15) is 0 Å². The average Bonchev–Trinajstić information content (AvgIpc) is 2.87. The molecule has 142 valence electrons. The van der Waals surface area contributed by atoms with E-state index in [-0.39, 0.29) is 17.2 Å². The molecule has 4 aliphatic carbocycles. The first kappa shape index (κ1) is 17.9. The van der Waals surface area contributed by atoms with Crippen molar-refractivity contribution in [2.75, 3.05) is 0 Å². The number of Topliss-reactive ketones (excluding diaryl/α,β-unsaturated/α-hetero) is 1. The van der Waals surface area contributed by atoms with Crippen LogP contribution in [0, 0.1) is 29.1 Å². The summed E-state index contributed by atoms with van der Waals surface area (Å²) >= 11 is 0.